The zero-order valence-corrected chi connectivity index (χ0v) is 10.6. The molecule has 1 rings (SSSR count). The number of hydrogen-bond acceptors (Lipinski definition) is 2. The summed E-state index contributed by atoms with van der Waals surface area (Å²) in [6.07, 6.45) is 6.04. The number of carbonyl (C=O) groups excluding carboxylic acids is 1. The average molecular weight is 251 g/mol. The Hall–Kier alpha value is -1.91. The fraction of sp³-hybridized carbons (Fsp3) is 0.462. The van der Waals surface area contributed by atoms with Gasteiger partial charge in [-0.2, -0.15) is 0 Å². The molecular weight excluding hydrogens is 232 g/mol. The third-order valence-corrected chi connectivity index (χ3v) is 2.63. The highest BCUT2D eigenvalue weighted by atomic mass is 16.4. The number of nitrogens with zero attached hydrogens (tertiary/aromatic N) is 2. The van der Waals surface area contributed by atoms with Gasteiger partial charge in [0, 0.05) is 32.0 Å². The van der Waals surface area contributed by atoms with Gasteiger partial charge in [0.2, 0.25) is 5.91 Å². The van der Waals surface area contributed by atoms with Gasteiger partial charge in [-0.3, -0.25) is 9.59 Å². The number of carboxylic acid groups (broad SMARTS) is 1. The number of rotatable bonds is 7. The van der Waals surface area contributed by atoms with E-state index in [-0.39, 0.29) is 12.5 Å². The molecular formula is C13H19N2O3+. The van der Waals surface area contributed by atoms with Gasteiger partial charge in [-0.05, 0) is 6.42 Å². The summed E-state index contributed by atoms with van der Waals surface area (Å²) in [6, 6.07) is 5.89. The van der Waals surface area contributed by atoms with Crippen molar-refractivity contribution in [2.24, 2.45) is 0 Å². The molecule has 0 atom stereocenters. The van der Waals surface area contributed by atoms with E-state index >= 15 is 0 Å². The molecule has 98 valence electrons. The smallest absolute Gasteiger partial charge is 0.323 e. The summed E-state index contributed by atoms with van der Waals surface area (Å²) in [5.41, 5.74) is 0. The lowest BCUT2D eigenvalue weighted by atomic mass is 10.2. The van der Waals surface area contributed by atoms with E-state index in [1.807, 2.05) is 30.6 Å². The normalized spacial score (nSPS) is 10.1. The number of pyridine rings is 1. The Labute approximate surface area is 107 Å². The number of aromatic nitrogens is 1. The largest absolute Gasteiger partial charge is 0.480 e. The van der Waals surface area contributed by atoms with Crippen molar-refractivity contribution in [3.05, 3.63) is 30.6 Å². The van der Waals surface area contributed by atoms with E-state index in [1.165, 1.54) is 11.9 Å². The van der Waals surface area contributed by atoms with Gasteiger partial charge >= 0.3 is 5.97 Å². The van der Waals surface area contributed by atoms with Crippen molar-refractivity contribution in [3.8, 4) is 0 Å². The minimum Gasteiger partial charge on any atom is -0.480 e. The molecule has 0 spiro atoms. The molecule has 1 aromatic heterocycles. The van der Waals surface area contributed by atoms with Gasteiger partial charge in [0.05, 0.1) is 0 Å². The molecule has 1 heterocycles. The van der Waals surface area contributed by atoms with Crippen LogP contribution in [0.5, 0.6) is 0 Å². The van der Waals surface area contributed by atoms with Gasteiger partial charge in [-0.1, -0.05) is 6.07 Å². The molecule has 0 aliphatic rings. The van der Waals surface area contributed by atoms with Crippen molar-refractivity contribution < 1.29 is 19.3 Å². The second-order valence-electron chi connectivity index (χ2n) is 4.21. The molecule has 0 saturated heterocycles. The molecule has 5 nitrogen and oxygen atoms in total. The lowest BCUT2D eigenvalue weighted by molar-refractivity contribution is -0.697. The van der Waals surface area contributed by atoms with E-state index in [1.54, 1.807) is 0 Å². The van der Waals surface area contributed by atoms with E-state index in [0.717, 1.165) is 19.4 Å². The minimum absolute atomic E-state index is 0.115. The summed E-state index contributed by atoms with van der Waals surface area (Å²) >= 11 is 0. The first-order chi connectivity index (χ1) is 8.59. The van der Waals surface area contributed by atoms with Crippen molar-refractivity contribution >= 4 is 11.9 Å². The summed E-state index contributed by atoms with van der Waals surface area (Å²) in [5.74, 6) is -1.10. The highest BCUT2D eigenvalue weighted by Crippen LogP contribution is 1.99. The van der Waals surface area contributed by atoms with Crippen molar-refractivity contribution in [1.29, 1.82) is 0 Å². The number of carboxylic acids is 1. The molecule has 0 aliphatic carbocycles. The van der Waals surface area contributed by atoms with Crippen LogP contribution in [0.25, 0.3) is 0 Å². The maximum Gasteiger partial charge on any atom is 0.323 e. The van der Waals surface area contributed by atoms with E-state index < -0.39 is 5.97 Å². The topological polar surface area (TPSA) is 61.5 Å². The number of aryl methyl sites for hydroxylation is 1. The summed E-state index contributed by atoms with van der Waals surface area (Å²) in [7, 11) is 1.52. The molecule has 0 radical (unpaired) electrons. The van der Waals surface area contributed by atoms with Crippen molar-refractivity contribution in [1.82, 2.24) is 4.90 Å². The molecule has 0 bridgehead atoms. The number of carbonyl (C=O) groups is 2. The van der Waals surface area contributed by atoms with Crippen molar-refractivity contribution in [3.63, 3.8) is 0 Å². The van der Waals surface area contributed by atoms with Crippen LogP contribution in [0, 0.1) is 0 Å². The fourth-order valence-electron chi connectivity index (χ4n) is 1.64. The molecule has 0 aromatic carbocycles. The van der Waals surface area contributed by atoms with E-state index in [4.69, 9.17) is 5.11 Å². The molecule has 0 aliphatic heterocycles. The van der Waals surface area contributed by atoms with E-state index in [2.05, 4.69) is 4.57 Å². The summed E-state index contributed by atoms with van der Waals surface area (Å²) < 4.78 is 2.06. The van der Waals surface area contributed by atoms with Gasteiger partial charge in [0.15, 0.2) is 12.4 Å². The van der Waals surface area contributed by atoms with Gasteiger partial charge in [0.1, 0.15) is 13.1 Å². The van der Waals surface area contributed by atoms with Gasteiger partial charge in [-0.15, -0.1) is 0 Å². The standard InChI is InChI=1S/C13H18N2O3/c1-14(11-13(17)18)12(16)7-3-6-10-15-8-4-2-5-9-15/h2,4-5,8-9H,3,6-7,10-11H2,1H3/p+1. The molecule has 0 unspecified atom stereocenters. The maximum absolute atomic E-state index is 11.5. The Morgan fingerprint density at radius 2 is 1.83 bits per heavy atom. The fourth-order valence-corrected chi connectivity index (χ4v) is 1.64. The molecule has 1 N–H and O–H groups in total. The quantitative estimate of drug-likeness (QED) is 0.573. The van der Waals surface area contributed by atoms with Crippen LogP contribution >= 0.6 is 0 Å². The summed E-state index contributed by atoms with van der Waals surface area (Å²) in [6.45, 7) is 0.642. The summed E-state index contributed by atoms with van der Waals surface area (Å²) in [4.78, 5) is 23.2. The molecule has 1 amide bonds. The van der Waals surface area contributed by atoms with Crippen molar-refractivity contribution in [2.75, 3.05) is 13.6 Å². The molecule has 1 aromatic rings. The lowest BCUT2D eigenvalue weighted by Crippen LogP contribution is -2.33. The van der Waals surface area contributed by atoms with Crippen LogP contribution in [0.3, 0.4) is 0 Å². The third kappa shape index (κ3) is 5.43. The lowest BCUT2D eigenvalue weighted by Gasteiger charge is -2.13. The number of amides is 1. The zero-order valence-electron chi connectivity index (χ0n) is 10.6. The first-order valence-electron chi connectivity index (χ1n) is 5.99. The Bertz CT molecular complexity index is 392. The predicted molar refractivity (Wildman–Crippen MR) is 65.8 cm³/mol. The second kappa shape index (κ2) is 7.42. The first-order valence-corrected chi connectivity index (χ1v) is 5.99. The van der Waals surface area contributed by atoms with Crippen molar-refractivity contribution in [2.45, 2.75) is 25.8 Å². The van der Waals surface area contributed by atoms with Gasteiger partial charge < -0.3 is 10.0 Å². The van der Waals surface area contributed by atoms with Gasteiger partial charge in [0.25, 0.3) is 0 Å². The zero-order chi connectivity index (χ0) is 13.4. The maximum atomic E-state index is 11.5. The van der Waals surface area contributed by atoms with Crippen LogP contribution in [0.4, 0.5) is 0 Å². The Kier molecular flexibility index (Phi) is 5.84. The average Bonchev–Trinajstić information content (AvgIpc) is 2.34. The summed E-state index contributed by atoms with van der Waals surface area (Å²) in [5, 5.41) is 8.56. The van der Waals surface area contributed by atoms with E-state index in [9.17, 15) is 9.59 Å². The van der Waals surface area contributed by atoms with Crippen LogP contribution in [0.15, 0.2) is 30.6 Å². The Morgan fingerprint density at radius 3 is 2.44 bits per heavy atom. The molecule has 5 heteroatoms. The van der Waals surface area contributed by atoms with Crippen LogP contribution in [0.2, 0.25) is 0 Å². The van der Waals surface area contributed by atoms with Crippen LogP contribution < -0.4 is 4.57 Å². The van der Waals surface area contributed by atoms with Gasteiger partial charge in [-0.25, -0.2) is 4.57 Å². The molecule has 18 heavy (non-hydrogen) atoms. The van der Waals surface area contributed by atoms with E-state index in [0.29, 0.717) is 6.42 Å². The van der Waals surface area contributed by atoms with Crippen LogP contribution in [0.1, 0.15) is 19.3 Å². The number of likely N-dealkylation sites (N-methyl/N-ethyl adjacent to an activating group) is 1. The third-order valence-electron chi connectivity index (χ3n) is 2.63. The number of aliphatic carboxylic acids is 1. The Morgan fingerprint density at radius 1 is 1.17 bits per heavy atom. The molecule has 0 fully saturated rings. The SMILES string of the molecule is CN(CC(=O)O)C(=O)CCCC[n+]1ccccc1. The number of hydrogen-bond donors (Lipinski definition) is 1. The number of unbranched alkanes of at least 4 members (excludes halogenated alkanes) is 1. The van der Waals surface area contributed by atoms with Crippen LogP contribution in [-0.4, -0.2) is 35.5 Å². The monoisotopic (exact) mass is 251 g/mol. The first kappa shape index (κ1) is 14.2. The Balaban J connectivity index is 2.18. The highest BCUT2D eigenvalue weighted by Gasteiger charge is 2.11. The molecule has 0 saturated carbocycles. The predicted octanol–water partition coefficient (Wildman–Crippen LogP) is 0.687. The van der Waals surface area contributed by atoms with Crippen LogP contribution in [-0.2, 0) is 16.1 Å². The second-order valence-corrected chi connectivity index (χ2v) is 4.21. The highest BCUT2D eigenvalue weighted by molar-refractivity contribution is 5.80. The minimum atomic E-state index is -0.981.